The molecule has 2 aromatic heterocycles. The van der Waals surface area contributed by atoms with Gasteiger partial charge in [0.25, 0.3) is 0 Å². The number of ether oxygens (including phenoxy) is 2. The summed E-state index contributed by atoms with van der Waals surface area (Å²) in [6.07, 6.45) is 9.21. The van der Waals surface area contributed by atoms with Crippen molar-refractivity contribution in [1.29, 1.82) is 0 Å². The van der Waals surface area contributed by atoms with Crippen molar-refractivity contribution in [2.45, 2.75) is 66.7 Å². The number of benzene rings is 2. The van der Waals surface area contributed by atoms with E-state index in [1.807, 2.05) is 55.5 Å². The molecule has 0 N–H and O–H groups in total. The molecule has 1 spiro atoms. The second-order valence-corrected chi connectivity index (χ2v) is 16.2. The van der Waals surface area contributed by atoms with Crippen molar-refractivity contribution in [3.05, 3.63) is 128 Å². The summed E-state index contributed by atoms with van der Waals surface area (Å²) in [6, 6.07) is 20.2. The molecule has 0 radical (unpaired) electrons. The topological polar surface area (TPSA) is 51.4 Å². The molecular formula is C47H42N4O3+2. The molecule has 2 aromatic carbocycles. The Kier molecular flexibility index (Phi) is 6.64. The first-order chi connectivity index (χ1) is 26.1. The molecule has 6 aliphatic rings. The largest absolute Gasteiger partial charge is 0.553 e. The Bertz CT molecular complexity index is 2810. The van der Waals surface area contributed by atoms with Gasteiger partial charge < -0.3 is 9.47 Å². The van der Waals surface area contributed by atoms with Crippen molar-refractivity contribution in [3.8, 4) is 23.7 Å². The van der Waals surface area contributed by atoms with Crippen LogP contribution < -0.4 is 10.7 Å². The summed E-state index contributed by atoms with van der Waals surface area (Å²) in [5.74, 6) is 13.7. The predicted molar refractivity (Wildman–Crippen MR) is 210 cm³/mol. The summed E-state index contributed by atoms with van der Waals surface area (Å²) in [6.45, 7) is 13.6. The van der Waals surface area contributed by atoms with Crippen LogP contribution in [0.2, 0.25) is 0 Å². The van der Waals surface area contributed by atoms with E-state index >= 15 is 0 Å². The number of carbonyl (C=O) groups excluding carboxylic acids is 1. The highest BCUT2D eigenvalue weighted by atomic mass is 16.5. The number of hydrogen-bond donors (Lipinski definition) is 0. The van der Waals surface area contributed by atoms with E-state index in [2.05, 4.69) is 107 Å². The summed E-state index contributed by atoms with van der Waals surface area (Å²) < 4.78 is 22.3. The highest BCUT2D eigenvalue weighted by molar-refractivity contribution is 6.16. The third-order valence-electron chi connectivity index (χ3n) is 12.0. The maximum Gasteiger partial charge on any atom is 0.553 e. The molecule has 0 saturated carbocycles. The van der Waals surface area contributed by atoms with Gasteiger partial charge in [0.2, 0.25) is 22.9 Å². The van der Waals surface area contributed by atoms with Crippen LogP contribution in [0.5, 0.6) is 0 Å². The standard InChI is InChI=1S/C47H42N4O3/c1-8-32-33(22-20-29-16-12-10-13-17-29)35-25-39-45(3,4)27-31-24-37-41(44(52)54-9-2)34(23-21-30-18-14-11-15-19-30)36-26-40-46(5,6)28-38-43(53-7)42(32)51(35)47(48(31)39,49(36)37)50(38)40/h10-19,24-26H,8-9,27-28H2,1-7H3/q+2. The Morgan fingerprint density at radius 2 is 1.44 bits per heavy atom. The average molecular weight is 711 g/mol. The first kappa shape index (κ1) is 32.6. The van der Waals surface area contributed by atoms with Gasteiger partial charge in [0.1, 0.15) is 10.9 Å². The second-order valence-electron chi connectivity index (χ2n) is 16.2. The lowest BCUT2D eigenvalue weighted by Gasteiger charge is -2.39. The molecule has 0 fully saturated rings. The third-order valence-corrected chi connectivity index (χ3v) is 12.0. The Labute approximate surface area is 315 Å². The van der Waals surface area contributed by atoms with Gasteiger partial charge in [-0.15, -0.1) is 0 Å². The van der Waals surface area contributed by atoms with E-state index in [1.54, 1.807) is 7.11 Å². The third kappa shape index (κ3) is 3.97. The number of carbonyl (C=O) groups is 1. The van der Waals surface area contributed by atoms with Crippen molar-refractivity contribution in [1.82, 2.24) is 9.13 Å². The second kappa shape index (κ2) is 11.0. The van der Waals surface area contributed by atoms with Gasteiger partial charge in [-0.25, -0.2) is 4.79 Å². The number of rotatable bonds is 4. The highest BCUT2D eigenvalue weighted by Gasteiger charge is 2.76. The number of methoxy groups -OCH3 is 1. The van der Waals surface area contributed by atoms with Gasteiger partial charge in [0.15, 0.2) is 5.70 Å². The zero-order valence-electron chi connectivity index (χ0n) is 31.8. The van der Waals surface area contributed by atoms with Gasteiger partial charge in [0, 0.05) is 35.8 Å². The molecule has 0 bridgehead atoms. The molecule has 7 heteroatoms. The fraction of sp³-hybridized carbons (Fsp3) is 0.298. The monoisotopic (exact) mass is 710 g/mol. The lowest BCUT2D eigenvalue weighted by Crippen LogP contribution is -2.70. The fourth-order valence-electron chi connectivity index (χ4n) is 9.86. The van der Waals surface area contributed by atoms with Crippen molar-refractivity contribution in [2.75, 3.05) is 13.7 Å². The van der Waals surface area contributed by atoms with Crippen LogP contribution in [-0.2, 0) is 21.8 Å². The molecule has 266 valence electrons. The SMILES string of the molecule is CCOC(=O)c1c(C#Cc2ccccc2)c2n3c1C=C1CC(C)(C)C4=[N+]1C31n3c(c(C#Cc5ccccc5)c(CC)c3=C(OC)C3=[N+]1C(=C2)C(C)(C)C3)=C4. The molecule has 0 aliphatic carbocycles. The van der Waals surface area contributed by atoms with E-state index in [9.17, 15) is 4.79 Å². The van der Waals surface area contributed by atoms with Crippen LogP contribution in [0.1, 0.15) is 104 Å². The fourth-order valence-corrected chi connectivity index (χ4v) is 9.86. The van der Waals surface area contributed by atoms with E-state index in [0.717, 1.165) is 86.5 Å². The Hall–Kier alpha value is -6.05. The predicted octanol–water partition coefficient (Wildman–Crippen LogP) is 5.98. The first-order valence-corrected chi connectivity index (χ1v) is 19.0. The lowest BCUT2D eigenvalue weighted by atomic mass is 9.84. The Balaban J connectivity index is 1.43. The van der Waals surface area contributed by atoms with Crippen LogP contribution in [-0.4, -0.2) is 49.4 Å². The molecule has 10 rings (SSSR count). The van der Waals surface area contributed by atoms with Crippen LogP contribution >= 0.6 is 0 Å². The summed E-state index contributed by atoms with van der Waals surface area (Å²) >= 11 is 0. The van der Waals surface area contributed by atoms with Crippen LogP contribution in [0.25, 0.3) is 24.0 Å². The van der Waals surface area contributed by atoms with E-state index < -0.39 is 5.91 Å². The molecule has 1 atom stereocenters. The molecule has 0 amide bonds. The smallest absolute Gasteiger partial charge is 0.489 e. The maximum absolute atomic E-state index is 14.4. The molecule has 8 heterocycles. The molecular weight excluding hydrogens is 669 g/mol. The molecule has 7 nitrogen and oxygen atoms in total. The van der Waals surface area contributed by atoms with Crippen molar-refractivity contribution in [2.24, 2.45) is 10.8 Å². The molecule has 0 saturated heterocycles. The van der Waals surface area contributed by atoms with Crippen LogP contribution in [0, 0.1) is 34.5 Å². The maximum atomic E-state index is 14.4. The number of nitrogens with zero attached hydrogens (tertiary/aromatic N) is 4. The van der Waals surface area contributed by atoms with Crippen molar-refractivity contribution in [3.63, 3.8) is 0 Å². The molecule has 54 heavy (non-hydrogen) atoms. The number of esters is 1. The van der Waals surface area contributed by atoms with Crippen molar-refractivity contribution < 1.29 is 23.4 Å². The first-order valence-electron chi connectivity index (χ1n) is 19.0. The summed E-state index contributed by atoms with van der Waals surface area (Å²) in [7, 11) is 1.80. The zero-order valence-corrected chi connectivity index (χ0v) is 31.8. The highest BCUT2D eigenvalue weighted by Crippen LogP contribution is 2.55. The van der Waals surface area contributed by atoms with Crippen molar-refractivity contribution >= 4 is 41.4 Å². The van der Waals surface area contributed by atoms with Gasteiger partial charge in [-0.05, 0) is 70.9 Å². The average Bonchev–Trinajstić information content (AvgIpc) is 3.83. The van der Waals surface area contributed by atoms with Crippen LogP contribution in [0.15, 0.2) is 72.1 Å². The Morgan fingerprint density at radius 3 is 2.07 bits per heavy atom. The van der Waals surface area contributed by atoms with Crippen LogP contribution in [0.4, 0.5) is 0 Å². The van der Waals surface area contributed by atoms with Crippen LogP contribution in [0.3, 0.4) is 0 Å². The number of aromatic nitrogens is 2. The van der Waals surface area contributed by atoms with Gasteiger partial charge in [0.05, 0.1) is 58.8 Å². The molecule has 1 unspecified atom stereocenters. The minimum atomic E-state index is -0.975. The molecule has 6 aliphatic heterocycles. The number of allylic oxidation sites excluding steroid dienone is 2. The van der Waals surface area contributed by atoms with Gasteiger partial charge in [-0.1, -0.05) is 76.2 Å². The zero-order chi connectivity index (χ0) is 37.3. The van der Waals surface area contributed by atoms with E-state index in [0.29, 0.717) is 11.1 Å². The summed E-state index contributed by atoms with van der Waals surface area (Å²) in [5, 5.41) is 2.09. The van der Waals surface area contributed by atoms with Gasteiger partial charge in [-0.2, -0.15) is 9.13 Å². The lowest BCUT2D eigenvalue weighted by molar-refractivity contribution is -0.838. The number of hydrogen-bond acceptors (Lipinski definition) is 3. The summed E-state index contributed by atoms with van der Waals surface area (Å²) in [5.41, 5.74) is 11.1. The minimum Gasteiger partial charge on any atom is -0.489 e. The van der Waals surface area contributed by atoms with E-state index in [1.165, 1.54) is 5.71 Å². The Morgan fingerprint density at radius 1 is 0.778 bits per heavy atom. The van der Waals surface area contributed by atoms with Gasteiger partial charge >= 0.3 is 11.9 Å². The van der Waals surface area contributed by atoms with Gasteiger partial charge in [-0.3, -0.25) is 0 Å². The van der Waals surface area contributed by atoms with E-state index in [-0.39, 0.29) is 23.4 Å². The minimum absolute atomic E-state index is 0.209. The normalized spacial score (nSPS) is 20.8. The van der Waals surface area contributed by atoms with E-state index in [4.69, 9.17) is 9.47 Å². The quantitative estimate of drug-likeness (QED) is 0.149. The summed E-state index contributed by atoms with van der Waals surface area (Å²) in [4.78, 5) is 14.4. The molecule has 4 aromatic rings.